The van der Waals surface area contributed by atoms with Crippen molar-refractivity contribution in [2.45, 2.75) is 25.3 Å². The van der Waals surface area contributed by atoms with Gasteiger partial charge >= 0.3 is 0 Å². The topological polar surface area (TPSA) is 81.2 Å². The fraction of sp³-hybridized carbons (Fsp3) is 0.455. The van der Waals surface area contributed by atoms with Crippen molar-refractivity contribution in [1.82, 2.24) is 19.2 Å². The second-order valence-corrected chi connectivity index (χ2v) is 6.42. The minimum absolute atomic E-state index is 0.138. The van der Waals surface area contributed by atoms with Gasteiger partial charge in [0.2, 0.25) is 10.0 Å². The van der Waals surface area contributed by atoms with E-state index < -0.39 is 10.0 Å². The van der Waals surface area contributed by atoms with Gasteiger partial charge in [0, 0.05) is 32.4 Å². The highest BCUT2D eigenvalue weighted by Gasteiger charge is 2.28. The van der Waals surface area contributed by atoms with Gasteiger partial charge in [-0.25, -0.2) is 8.42 Å². The van der Waals surface area contributed by atoms with Crippen LogP contribution in [0.5, 0.6) is 0 Å². The molecule has 2 heterocycles. The van der Waals surface area contributed by atoms with Gasteiger partial charge in [-0.3, -0.25) is 4.68 Å². The lowest BCUT2D eigenvalue weighted by molar-refractivity contribution is 0.389. The summed E-state index contributed by atoms with van der Waals surface area (Å²) in [5, 5.41) is 7.69. The second-order valence-electron chi connectivity index (χ2n) is 4.44. The van der Waals surface area contributed by atoms with Crippen molar-refractivity contribution in [3.63, 3.8) is 0 Å². The molecule has 2 rings (SSSR count). The third kappa shape index (κ3) is 2.54. The molecule has 104 valence electrons. The van der Waals surface area contributed by atoms with Gasteiger partial charge in [0.25, 0.3) is 0 Å². The molecule has 0 aliphatic carbocycles. The predicted octanol–water partition coefficient (Wildman–Crippen LogP) is 0.846. The van der Waals surface area contributed by atoms with Crippen LogP contribution < -0.4 is 0 Å². The predicted molar refractivity (Wildman–Crippen MR) is 67.8 cm³/mol. The SMILES string of the molecule is Cc1noc(C)c1S(=O)(=O)N(C)Cc1cnn(C)c1. The van der Waals surface area contributed by atoms with Crippen LogP contribution >= 0.6 is 0 Å². The first-order valence-electron chi connectivity index (χ1n) is 5.69. The molecule has 0 aliphatic rings. The summed E-state index contributed by atoms with van der Waals surface area (Å²) in [4.78, 5) is 0.138. The zero-order valence-corrected chi connectivity index (χ0v) is 12.1. The Morgan fingerprint density at radius 3 is 2.58 bits per heavy atom. The van der Waals surface area contributed by atoms with Crippen molar-refractivity contribution in [3.8, 4) is 0 Å². The maximum Gasteiger partial charge on any atom is 0.248 e. The van der Waals surface area contributed by atoms with Gasteiger partial charge < -0.3 is 4.52 Å². The molecular weight excluding hydrogens is 268 g/mol. The lowest BCUT2D eigenvalue weighted by Gasteiger charge is -2.15. The minimum atomic E-state index is -3.61. The van der Waals surface area contributed by atoms with Gasteiger partial charge in [-0.1, -0.05) is 5.16 Å². The Bertz CT molecular complexity index is 667. The second kappa shape index (κ2) is 4.78. The van der Waals surface area contributed by atoms with Gasteiger partial charge in [0.15, 0.2) is 5.76 Å². The Balaban J connectivity index is 2.30. The van der Waals surface area contributed by atoms with Gasteiger partial charge in [0.05, 0.1) is 6.20 Å². The number of rotatable bonds is 4. The molecule has 0 radical (unpaired) electrons. The van der Waals surface area contributed by atoms with Crippen molar-refractivity contribution in [1.29, 1.82) is 0 Å². The van der Waals surface area contributed by atoms with Crippen molar-refractivity contribution in [2.75, 3.05) is 7.05 Å². The Hall–Kier alpha value is -1.67. The lowest BCUT2D eigenvalue weighted by atomic mass is 10.4. The molecule has 8 heteroatoms. The van der Waals surface area contributed by atoms with Gasteiger partial charge in [-0.05, 0) is 13.8 Å². The van der Waals surface area contributed by atoms with E-state index in [1.165, 1.54) is 11.4 Å². The zero-order valence-electron chi connectivity index (χ0n) is 11.3. The molecule has 0 amide bonds. The Kier molecular flexibility index (Phi) is 3.46. The maximum atomic E-state index is 12.4. The monoisotopic (exact) mass is 284 g/mol. The van der Waals surface area contributed by atoms with Crippen molar-refractivity contribution >= 4 is 10.0 Å². The molecule has 7 nitrogen and oxygen atoms in total. The third-order valence-corrected chi connectivity index (χ3v) is 4.85. The summed E-state index contributed by atoms with van der Waals surface area (Å²) in [5.74, 6) is 0.301. The smallest absolute Gasteiger partial charge is 0.248 e. The first-order valence-corrected chi connectivity index (χ1v) is 7.13. The van der Waals surface area contributed by atoms with Gasteiger partial charge in [0.1, 0.15) is 10.6 Å². The lowest BCUT2D eigenvalue weighted by Crippen LogP contribution is -2.27. The van der Waals surface area contributed by atoms with Crippen LogP contribution in [0.15, 0.2) is 21.8 Å². The number of aromatic nitrogens is 3. The first-order chi connectivity index (χ1) is 8.82. The molecular formula is C11H16N4O3S. The summed E-state index contributed by atoms with van der Waals surface area (Å²) in [6.07, 6.45) is 3.42. The van der Waals surface area contributed by atoms with E-state index in [4.69, 9.17) is 4.52 Å². The highest BCUT2D eigenvalue weighted by molar-refractivity contribution is 7.89. The molecule has 0 N–H and O–H groups in total. The number of sulfonamides is 1. The van der Waals surface area contributed by atoms with Crippen LogP contribution in [-0.2, 0) is 23.6 Å². The molecule has 0 unspecified atom stereocenters. The molecule has 0 spiro atoms. The molecule has 19 heavy (non-hydrogen) atoms. The van der Waals surface area contributed by atoms with E-state index in [-0.39, 0.29) is 11.4 Å². The quantitative estimate of drug-likeness (QED) is 0.831. The van der Waals surface area contributed by atoms with Crippen LogP contribution in [0, 0.1) is 13.8 Å². The first kappa shape index (κ1) is 13.8. The van der Waals surface area contributed by atoms with Crippen LogP contribution in [0.25, 0.3) is 0 Å². The largest absolute Gasteiger partial charge is 0.360 e. The summed E-state index contributed by atoms with van der Waals surface area (Å²) in [5.41, 5.74) is 1.19. The summed E-state index contributed by atoms with van der Waals surface area (Å²) < 4.78 is 32.7. The molecule has 0 aliphatic heterocycles. The number of hydrogen-bond donors (Lipinski definition) is 0. The standard InChI is InChI=1S/C11H16N4O3S/c1-8-11(9(2)18-13-8)19(16,17)15(4)7-10-5-12-14(3)6-10/h5-6H,7H2,1-4H3. The van der Waals surface area contributed by atoms with Gasteiger partial charge in [-0.2, -0.15) is 9.40 Å². The number of nitrogens with zero attached hydrogens (tertiary/aromatic N) is 4. The highest BCUT2D eigenvalue weighted by Crippen LogP contribution is 2.23. The molecule has 0 saturated carbocycles. The van der Waals surface area contributed by atoms with E-state index in [2.05, 4.69) is 10.3 Å². The van der Waals surface area contributed by atoms with Crippen molar-refractivity contribution in [3.05, 3.63) is 29.4 Å². The summed E-state index contributed by atoms with van der Waals surface area (Å²) in [6.45, 7) is 3.45. The van der Waals surface area contributed by atoms with Crippen LogP contribution in [0.2, 0.25) is 0 Å². The molecule has 0 fully saturated rings. The van der Waals surface area contributed by atoms with E-state index >= 15 is 0 Å². The molecule has 0 saturated heterocycles. The highest BCUT2D eigenvalue weighted by atomic mass is 32.2. The van der Waals surface area contributed by atoms with Crippen LogP contribution in [0.4, 0.5) is 0 Å². The van der Waals surface area contributed by atoms with E-state index in [9.17, 15) is 8.42 Å². The normalized spacial score (nSPS) is 12.3. The average Bonchev–Trinajstić information content (AvgIpc) is 2.85. The number of aryl methyl sites for hydroxylation is 3. The average molecular weight is 284 g/mol. The summed E-state index contributed by atoms with van der Waals surface area (Å²) in [6, 6.07) is 0. The summed E-state index contributed by atoms with van der Waals surface area (Å²) >= 11 is 0. The van der Waals surface area contributed by atoms with E-state index in [1.807, 2.05) is 0 Å². The van der Waals surface area contributed by atoms with E-state index in [1.54, 1.807) is 38.0 Å². The third-order valence-electron chi connectivity index (χ3n) is 2.80. The molecule has 0 aromatic carbocycles. The van der Waals surface area contributed by atoms with Crippen molar-refractivity contribution in [2.24, 2.45) is 7.05 Å². The van der Waals surface area contributed by atoms with Crippen molar-refractivity contribution < 1.29 is 12.9 Å². The van der Waals surface area contributed by atoms with Crippen LogP contribution in [0.3, 0.4) is 0 Å². The minimum Gasteiger partial charge on any atom is -0.360 e. The number of hydrogen-bond acceptors (Lipinski definition) is 5. The maximum absolute atomic E-state index is 12.4. The Morgan fingerprint density at radius 2 is 2.11 bits per heavy atom. The Labute approximate surface area is 111 Å². The zero-order chi connectivity index (χ0) is 14.2. The van der Waals surface area contributed by atoms with Crippen LogP contribution in [0.1, 0.15) is 17.0 Å². The molecule has 2 aromatic heterocycles. The Morgan fingerprint density at radius 1 is 1.42 bits per heavy atom. The fourth-order valence-corrected chi connectivity index (χ4v) is 3.34. The molecule has 0 bridgehead atoms. The summed E-state index contributed by atoms with van der Waals surface area (Å²) in [7, 11) is -0.300. The van der Waals surface area contributed by atoms with Gasteiger partial charge in [-0.15, -0.1) is 0 Å². The van der Waals surface area contributed by atoms with Crippen LogP contribution in [-0.4, -0.2) is 34.7 Å². The molecule has 2 aromatic rings. The molecule has 0 atom stereocenters. The fourth-order valence-electron chi connectivity index (χ4n) is 1.89. The van der Waals surface area contributed by atoms with E-state index in [0.717, 1.165) is 5.56 Å². The van der Waals surface area contributed by atoms with E-state index in [0.29, 0.717) is 11.5 Å².